The number of nitrogens with zero attached hydrogens (tertiary/aromatic N) is 1. The third kappa shape index (κ3) is 2.44. The van der Waals surface area contributed by atoms with Crippen LogP contribution in [0.4, 0.5) is 17.1 Å². The molecule has 18 heavy (non-hydrogen) atoms. The number of rotatable bonds is 2. The number of hydrogen-bond acceptors (Lipinski definition) is 2. The van der Waals surface area contributed by atoms with Crippen molar-refractivity contribution in [3.63, 3.8) is 0 Å². The average molecular weight is 261 g/mol. The van der Waals surface area contributed by atoms with Crippen LogP contribution >= 0.6 is 11.6 Å². The van der Waals surface area contributed by atoms with Crippen molar-refractivity contribution in [2.45, 2.75) is 13.8 Å². The summed E-state index contributed by atoms with van der Waals surface area (Å²) in [5, 5.41) is 0.770. The molecule has 0 aliphatic rings. The van der Waals surface area contributed by atoms with Gasteiger partial charge in [0.2, 0.25) is 0 Å². The molecule has 2 aromatic rings. The Kier molecular flexibility index (Phi) is 3.48. The van der Waals surface area contributed by atoms with E-state index >= 15 is 0 Å². The average Bonchev–Trinajstić information content (AvgIpc) is 2.28. The number of aryl methyl sites for hydroxylation is 2. The molecule has 0 fully saturated rings. The minimum Gasteiger partial charge on any atom is -0.399 e. The molecule has 0 atom stereocenters. The molecule has 0 aliphatic heterocycles. The van der Waals surface area contributed by atoms with Gasteiger partial charge in [-0.05, 0) is 55.3 Å². The van der Waals surface area contributed by atoms with Gasteiger partial charge in [0.05, 0.1) is 10.7 Å². The quantitative estimate of drug-likeness (QED) is 0.816. The van der Waals surface area contributed by atoms with Crippen LogP contribution in [0, 0.1) is 13.8 Å². The Morgan fingerprint density at radius 3 is 2.22 bits per heavy atom. The molecular formula is C15H17ClN2. The molecule has 0 aromatic heterocycles. The summed E-state index contributed by atoms with van der Waals surface area (Å²) in [6.45, 7) is 4.12. The summed E-state index contributed by atoms with van der Waals surface area (Å²) in [5.74, 6) is 0. The van der Waals surface area contributed by atoms with Gasteiger partial charge in [0.1, 0.15) is 0 Å². The van der Waals surface area contributed by atoms with Crippen molar-refractivity contribution in [3.8, 4) is 0 Å². The number of nitrogens with two attached hydrogens (primary N) is 1. The van der Waals surface area contributed by atoms with E-state index in [1.54, 1.807) is 0 Å². The molecule has 2 N–H and O–H groups in total. The van der Waals surface area contributed by atoms with Crippen LogP contribution in [0.5, 0.6) is 0 Å². The van der Waals surface area contributed by atoms with Gasteiger partial charge in [-0.25, -0.2) is 0 Å². The van der Waals surface area contributed by atoms with Crippen molar-refractivity contribution < 1.29 is 0 Å². The Morgan fingerprint density at radius 1 is 1.06 bits per heavy atom. The second-order valence-electron chi connectivity index (χ2n) is 4.56. The van der Waals surface area contributed by atoms with Gasteiger partial charge in [0.25, 0.3) is 0 Å². The van der Waals surface area contributed by atoms with E-state index < -0.39 is 0 Å². The largest absolute Gasteiger partial charge is 0.399 e. The number of anilines is 3. The van der Waals surface area contributed by atoms with Crippen LogP contribution in [0.3, 0.4) is 0 Å². The van der Waals surface area contributed by atoms with Crippen molar-refractivity contribution in [1.29, 1.82) is 0 Å². The minimum atomic E-state index is 0.763. The first-order chi connectivity index (χ1) is 8.49. The van der Waals surface area contributed by atoms with Crippen LogP contribution < -0.4 is 10.6 Å². The van der Waals surface area contributed by atoms with Gasteiger partial charge >= 0.3 is 0 Å². The molecule has 0 amide bonds. The molecule has 3 heteroatoms. The molecule has 0 radical (unpaired) electrons. The molecular weight excluding hydrogens is 244 g/mol. The number of halogens is 1. The zero-order valence-corrected chi connectivity index (χ0v) is 11.6. The zero-order chi connectivity index (χ0) is 13.3. The highest BCUT2D eigenvalue weighted by Gasteiger charge is 2.11. The maximum absolute atomic E-state index is 6.34. The number of hydrogen-bond donors (Lipinski definition) is 1. The Labute approximate surface area is 113 Å². The van der Waals surface area contributed by atoms with Crippen molar-refractivity contribution in [3.05, 3.63) is 52.5 Å². The lowest BCUT2D eigenvalue weighted by Crippen LogP contribution is -2.11. The fraction of sp³-hybridized carbons (Fsp3) is 0.200. The lowest BCUT2D eigenvalue weighted by molar-refractivity contribution is 1.18. The molecule has 0 saturated carbocycles. The van der Waals surface area contributed by atoms with Gasteiger partial charge in [-0.1, -0.05) is 17.7 Å². The van der Waals surface area contributed by atoms with E-state index in [9.17, 15) is 0 Å². The van der Waals surface area contributed by atoms with Crippen LogP contribution in [-0.4, -0.2) is 7.05 Å². The monoisotopic (exact) mass is 260 g/mol. The predicted octanol–water partition coefficient (Wildman–Crippen LogP) is 4.31. The Morgan fingerprint density at radius 2 is 1.67 bits per heavy atom. The van der Waals surface area contributed by atoms with Crippen molar-refractivity contribution in [1.82, 2.24) is 0 Å². The Balaban J connectivity index is 2.46. The fourth-order valence-electron chi connectivity index (χ4n) is 2.16. The summed E-state index contributed by atoms with van der Waals surface area (Å²) >= 11 is 6.34. The van der Waals surface area contributed by atoms with E-state index in [1.165, 1.54) is 11.1 Å². The summed E-state index contributed by atoms with van der Waals surface area (Å²) < 4.78 is 0. The normalized spacial score (nSPS) is 10.4. The molecule has 0 spiro atoms. The highest BCUT2D eigenvalue weighted by molar-refractivity contribution is 6.33. The summed E-state index contributed by atoms with van der Waals surface area (Å²) in [4.78, 5) is 2.08. The SMILES string of the molecule is Cc1cc(C)c(N(C)c2ccc(N)cc2)c(Cl)c1. The predicted molar refractivity (Wildman–Crippen MR) is 79.8 cm³/mol. The van der Waals surface area contributed by atoms with Crippen molar-refractivity contribution in [2.24, 2.45) is 0 Å². The third-order valence-electron chi connectivity index (χ3n) is 3.01. The zero-order valence-electron chi connectivity index (χ0n) is 10.9. The molecule has 2 nitrogen and oxygen atoms in total. The Bertz CT molecular complexity index is 538. The standard InChI is InChI=1S/C15H17ClN2/c1-10-8-11(2)15(14(16)9-10)18(3)13-6-4-12(17)5-7-13/h4-9H,17H2,1-3H3. The summed E-state index contributed by atoms with van der Waals surface area (Å²) in [7, 11) is 2.01. The van der Waals surface area contributed by atoms with E-state index in [-0.39, 0.29) is 0 Å². The van der Waals surface area contributed by atoms with E-state index in [4.69, 9.17) is 17.3 Å². The molecule has 0 saturated heterocycles. The van der Waals surface area contributed by atoms with E-state index in [0.29, 0.717) is 0 Å². The molecule has 0 bridgehead atoms. The van der Waals surface area contributed by atoms with Gasteiger partial charge in [-0.2, -0.15) is 0 Å². The van der Waals surface area contributed by atoms with Gasteiger partial charge in [-0.3, -0.25) is 0 Å². The lowest BCUT2D eigenvalue weighted by Gasteiger charge is -2.23. The summed E-state index contributed by atoms with van der Waals surface area (Å²) in [6.07, 6.45) is 0. The maximum atomic E-state index is 6.34. The highest BCUT2D eigenvalue weighted by atomic mass is 35.5. The first kappa shape index (κ1) is 12.8. The van der Waals surface area contributed by atoms with Crippen LogP contribution in [0.25, 0.3) is 0 Å². The third-order valence-corrected chi connectivity index (χ3v) is 3.30. The van der Waals surface area contributed by atoms with Crippen LogP contribution in [-0.2, 0) is 0 Å². The second-order valence-corrected chi connectivity index (χ2v) is 4.97. The molecule has 0 unspecified atom stereocenters. The topological polar surface area (TPSA) is 29.3 Å². The van der Waals surface area contributed by atoms with Crippen LogP contribution in [0.15, 0.2) is 36.4 Å². The molecule has 0 heterocycles. The van der Waals surface area contributed by atoms with E-state index in [1.807, 2.05) is 44.3 Å². The first-order valence-corrected chi connectivity index (χ1v) is 6.23. The fourth-order valence-corrected chi connectivity index (χ4v) is 2.61. The van der Waals surface area contributed by atoms with Crippen LogP contribution in [0.2, 0.25) is 5.02 Å². The van der Waals surface area contributed by atoms with Crippen LogP contribution in [0.1, 0.15) is 11.1 Å². The summed E-state index contributed by atoms with van der Waals surface area (Å²) in [5.41, 5.74) is 10.9. The van der Waals surface area contributed by atoms with E-state index in [2.05, 4.69) is 17.9 Å². The molecule has 0 aliphatic carbocycles. The van der Waals surface area contributed by atoms with E-state index in [0.717, 1.165) is 22.1 Å². The molecule has 2 aromatic carbocycles. The minimum absolute atomic E-state index is 0.763. The Hall–Kier alpha value is -1.67. The first-order valence-electron chi connectivity index (χ1n) is 5.85. The maximum Gasteiger partial charge on any atom is 0.0648 e. The smallest absolute Gasteiger partial charge is 0.0648 e. The van der Waals surface area contributed by atoms with Gasteiger partial charge in [0, 0.05) is 18.4 Å². The van der Waals surface area contributed by atoms with Crippen molar-refractivity contribution >= 4 is 28.7 Å². The van der Waals surface area contributed by atoms with Gasteiger partial charge < -0.3 is 10.6 Å². The highest BCUT2D eigenvalue weighted by Crippen LogP contribution is 2.34. The number of benzene rings is 2. The molecule has 2 rings (SSSR count). The van der Waals surface area contributed by atoms with Crippen molar-refractivity contribution in [2.75, 3.05) is 17.7 Å². The molecule has 94 valence electrons. The second kappa shape index (κ2) is 4.91. The number of nitrogen functional groups attached to an aromatic ring is 1. The summed E-state index contributed by atoms with van der Waals surface area (Å²) in [6, 6.07) is 11.9. The van der Waals surface area contributed by atoms with Gasteiger partial charge in [0.15, 0.2) is 0 Å². The lowest BCUT2D eigenvalue weighted by atomic mass is 10.1. The van der Waals surface area contributed by atoms with Gasteiger partial charge in [-0.15, -0.1) is 0 Å².